The van der Waals surface area contributed by atoms with Crippen molar-refractivity contribution in [2.45, 2.75) is 0 Å². The van der Waals surface area contributed by atoms with Gasteiger partial charge >= 0.3 is 671 Å². The number of hydrogen-bond acceptors (Lipinski definition) is 11. The summed E-state index contributed by atoms with van der Waals surface area (Å²) >= 11 is 0.622. The molecule has 0 spiro atoms. The van der Waals surface area contributed by atoms with Crippen LogP contribution in [0.5, 0.6) is 0 Å². The van der Waals surface area contributed by atoms with Crippen molar-refractivity contribution in [3.8, 4) is 147 Å². The van der Waals surface area contributed by atoms with E-state index in [1.165, 1.54) is 129 Å². The number of fused-ring (bicyclic) bond motifs is 20. The Hall–Kier alpha value is -17.9. The smallest absolute Gasteiger partial charge is 0.0615 e. The van der Waals surface area contributed by atoms with Crippen molar-refractivity contribution < 1.29 is 8.83 Å². The molecule has 11 nitrogen and oxygen atoms in total. The maximum absolute atomic E-state index is 6.25. The summed E-state index contributed by atoms with van der Waals surface area (Å²) in [6.07, 6.45) is 0. The molecular formula is C133H79N9O2Se3. The summed E-state index contributed by atoms with van der Waals surface area (Å²) in [5, 5.41) is 21.6. The van der Waals surface area contributed by atoms with Crippen LogP contribution < -0.4 is 0 Å². The molecule has 147 heavy (non-hydrogen) atoms. The monoisotopic (exact) mass is 2070 g/mol. The van der Waals surface area contributed by atoms with Gasteiger partial charge in [-0.1, -0.05) is 109 Å². The molecule has 0 atom stereocenters. The summed E-state index contributed by atoms with van der Waals surface area (Å²) < 4.78 is 21.0. The van der Waals surface area contributed by atoms with Crippen LogP contribution in [0.4, 0.5) is 0 Å². The van der Waals surface area contributed by atoms with Gasteiger partial charge in [-0.3, -0.25) is 0 Å². The van der Waals surface area contributed by atoms with Gasteiger partial charge in [0.1, 0.15) is 22.3 Å². The van der Waals surface area contributed by atoms with Gasteiger partial charge in [0.05, 0.1) is 0 Å². The van der Waals surface area contributed by atoms with Crippen molar-refractivity contribution in [2.75, 3.05) is 0 Å². The third-order valence-corrected chi connectivity index (χ3v) is 35.8. The zero-order chi connectivity index (χ0) is 96.9. The van der Waals surface area contributed by atoms with Gasteiger partial charge < -0.3 is 8.83 Å². The quantitative estimate of drug-likeness (QED) is 0.0804. The average molecular weight is 2070 g/mol. The Balaban J connectivity index is 0.000000108. The number of hydrogen-bond donors (Lipinski definition) is 0. The molecule has 0 fully saturated rings. The molecule has 30 rings (SSSR count). The van der Waals surface area contributed by atoms with Crippen molar-refractivity contribution in [3.05, 3.63) is 479 Å². The van der Waals surface area contributed by atoms with Crippen molar-refractivity contribution in [1.29, 1.82) is 0 Å². The van der Waals surface area contributed by atoms with Gasteiger partial charge in [0.2, 0.25) is 0 Å². The first-order valence-electron chi connectivity index (χ1n) is 49.0. The van der Waals surface area contributed by atoms with Gasteiger partial charge in [0, 0.05) is 27.3 Å². The normalized spacial score (nSPS) is 11.7. The summed E-state index contributed by atoms with van der Waals surface area (Å²) in [6.45, 7) is 0. The van der Waals surface area contributed by atoms with Crippen LogP contribution in [-0.2, 0) is 0 Å². The molecule has 0 bridgehead atoms. The first-order chi connectivity index (χ1) is 72.8. The van der Waals surface area contributed by atoms with Crippen LogP contribution in [-0.4, -0.2) is 88.4 Å². The van der Waals surface area contributed by atoms with Crippen LogP contribution in [0.25, 0.3) is 292 Å². The Bertz CT molecular complexity index is 10500. The molecule has 0 aliphatic carbocycles. The second-order valence-corrected chi connectivity index (χ2v) is 43.3. The number of rotatable bonds is 13. The minimum Gasteiger partial charge on any atom is -0.0615 e. The zero-order valence-electron chi connectivity index (χ0n) is 78.7. The summed E-state index contributed by atoms with van der Waals surface area (Å²) in [7, 11) is 0. The van der Waals surface area contributed by atoms with E-state index < -0.39 is 0 Å². The summed E-state index contributed by atoms with van der Waals surface area (Å²) in [5.74, 6) is 5.85. The molecule has 686 valence electrons. The molecule has 0 radical (unpaired) electrons. The van der Waals surface area contributed by atoms with E-state index in [0.29, 0.717) is 46.6 Å². The van der Waals surface area contributed by atoms with Gasteiger partial charge in [-0.25, -0.2) is 4.98 Å². The second-order valence-electron chi connectivity index (χ2n) is 36.8. The van der Waals surface area contributed by atoms with E-state index in [1.807, 2.05) is 140 Å². The minimum absolute atomic E-state index is 0.169. The molecule has 0 aliphatic heterocycles. The molecule has 30 aromatic rings. The molecule has 0 saturated carbocycles. The summed E-state index contributed by atoms with van der Waals surface area (Å²) in [6, 6.07) is 169. The van der Waals surface area contributed by atoms with Crippen molar-refractivity contribution >= 4 is 188 Å². The Morgan fingerprint density at radius 3 is 0.966 bits per heavy atom. The molecule has 0 amide bonds. The number of para-hydroxylation sites is 2. The molecule has 22 aromatic carbocycles. The molecular weight excluding hydrogens is 1990 g/mol. The molecule has 8 heterocycles. The molecule has 14 heteroatoms. The fourth-order valence-corrected chi connectivity index (χ4v) is 29.0. The molecule has 0 aliphatic rings. The number of aromatic nitrogens is 9. The topological polar surface area (TPSA) is 142 Å². The second kappa shape index (κ2) is 36.8. The van der Waals surface area contributed by atoms with Crippen molar-refractivity contribution in [2.24, 2.45) is 0 Å². The van der Waals surface area contributed by atoms with Crippen LogP contribution >= 0.6 is 0 Å². The molecule has 0 saturated heterocycles. The first-order valence-corrected chi connectivity index (χ1v) is 54.1. The number of nitrogens with zero attached hydrogens (tertiary/aromatic N) is 9. The Morgan fingerprint density at radius 2 is 0.429 bits per heavy atom. The van der Waals surface area contributed by atoms with Crippen LogP contribution in [0.3, 0.4) is 0 Å². The van der Waals surface area contributed by atoms with Crippen LogP contribution in [0, 0.1) is 0 Å². The van der Waals surface area contributed by atoms with Crippen LogP contribution in [0.1, 0.15) is 0 Å². The van der Waals surface area contributed by atoms with E-state index in [2.05, 4.69) is 340 Å². The first kappa shape index (κ1) is 86.9. The van der Waals surface area contributed by atoms with Gasteiger partial charge in [-0.2, -0.15) is 0 Å². The minimum atomic E-state index is 0.169. The Labute approximate surface area is 861 Å². The van der Waals surface area contributed by atoms with Gasteiger partial charge in [-0.05, 0) is 24.3 Å². The van der Waals surface area contributed by atoms with E-state index in [9.17, 15) is 0 Å². The fourth-order valence-electron chi connectivity index (χ4n) is 21.0. The van der Waals surface area contributed by atoms with E-state index >= 15 is 0 Å². The van der Waals surface area contributed by atoms with Gasteiger partial charge in [0.25, 0.3) is 0 Å². The maximum atomic E-state index is 6.25. The van der Waals surface area contributed by atoms with Crippen molar-refractivity contribution in [1.82, 2.24) is 44.9 Å². The predicted molar refractivity (Wildman–Crippen MR) is 611 cm³/mol. The zero-order valence-corrected chi connectivity index (χ0v) is 83.8. The van der Waals surface area contributed by atoms with E-state index in [-0.39, 0.29) is 43.5 Å². The van der Waals surface area contributed by atoms with Gasteiger partial charge in [-0.15, -0.1) is 0 Å². The van der Waals surface area contributed by atoms with Crippen molar-refractivity contribution in [3.63, 3.8) is 0 Å². The van der Waals surface area contributed by atoms with E-state index in [1.54, 1.807) is 0 Å². The Morgan fingerprint density at radius 1 is 0.136 bits per heavy atom. The average Bonchev–Trinajstić information content (AvgIpc) is 1.64. The third kappa shape index (κ3) is 15.8. The molecule has 8 aromatic heterocycles. The fraction of sp³-hybridized carbons (Fsp3) is 0. The number of benzene rings is 22. The van der Waals surface area contributed by atoms with Crippen LogP contribution in [0.15, 0.2) is 488 Å². The predicted octanol–water partition coefficient (Wildman–Crippen LogP) is 33.8. The molecule has 0 unspecified atom stereocenters. The van der Waals surface area contributed by atoms with E-state index in [0.717, 1.165) is 116 Å². The molecule has 0 N–H and O–H groups in total. The Kier molecular flexibility index (Phi) is 21.8. The van der Waals surface area contributed by atoms with E-state index in [4.69, 9.17) is 53.7 Å². The standard InChI is InChI=1S/2C49H29N3OSe.C35H21N3Se/c1-3-13-30(14-4-1)35-19-10-21-37-38-22-11-20-36(46(38)54-45(35)37)33-27-28-34-32(29-33)17-9-23-39(34)48-50-47(31-15-5-2-6-16-31)51-49(52-48)41-24-12-26-43-44(41)40-18-7-8-25-42(40)53-43;1-3-12-30(13-4-1)37-19-10-20-38-41-29-33(25-27-44(41)54-46(37)38)35-18-9-16-32-28-34(24-26-36(32)35)48-50-47(31-14-5-2-6-15-31)51-49(52-48)40-21-11-23-43-45(40)39-17-7-8-22-42(39)53-43;1-2-10-23(11-3-1)33-36-34(25-19-20-27-24(21-25)18-17-22-9-4-5-12-26(22)27)38-35(37-33)30-15-8-14-29-28-13-6-7-16-31(28)39-32(29)30/h2*1-29H;1-21H. The summed E-state index contributed by atoms with van der Waals surface area (Å²) in [5.41, 5.74) is 22.1. The summed E-state index contributed by atoms with van der Waals surface area (Å²) in [4.78, 5) is 45.8. The SMILES string of the molecule is c1ccc(-c2nc(-c3ccc4c(-c5ccc6[se]c7c(-c8ccccc8)cccc7c6c5)cccc4c3)nc(-c3cccc4oc5ccccc5c34)n2)cc1.c1ccc(-c2nc(-c3ccc4c(ccc5ccccc54)c3)nc(-c3cccc4c3[se]c3ccccc34)n2)cc1.c1ccc(-c2nc(-c3cccc4cc(-c5cccc6c5[se]c5c(-c7ccccc7)cccc56)ccc34)nc(-c3cccc4oc5ccccc5c34)n2)cc1. The van der Waals surface area contributed by atoms with Gasteiger partial charge in [0.15, 0.2) is 0 Å². The third-order valence-electron chi connectivity index (χ3n) is 28.0. The van der Waals surface area contributed by atoms with Crippen LogP contribution in [0.2, 0.25) is 0 Å². The number of furan rings is 2.